The Labute approximate surface area is 128 Å². The van der Waals surface area contributed by atoms with Gasteiger partial charge in [0.05, 0.1) is 19.8 Å². The standard InChI is InChI=1S/C16H17NO3S/c1-19-13-8-3-4-9-14(13)21-10-11-6-5-7-12(17)15(11)16(18)20-2/h3-9H,10,17H2,1-2H3. The molecule has 0 spiro atoms. The van der Waals surface area contributed by atoms with Gasteiger partial charge in [-0.2, -0.15) is 0 Å². The normalized spacial score (nSPS) is 10.2. The number of benzene rings is 2. The Kier molecular flexibility index (Phi) is 5.11. The van der Waals surface area contributed by atoms with E-state index in [1.165, 1.54) is 7.11 Å². The number of carbonyl (C=O) groups is 1. The Hall–Kier alpha value is -2.14. The zero-order valence-corrected chi connectivity index (χ0v) is 12.8. The van der Waals surface area contributed by atoms with Crippen LogP contribution >= 0.6 is 11.8 Å². The van der Waals surface area contributed by atoms with Gasteiger partial charge in [-0.15, -0.1) is 11.8 Å². The lowest BCUT2D eigenvalue weighted by atomic mass is 10.1. The molecule has 2 rings (SSSR count). The highest BCUT2D eigenvalue weighted by Gasteiger charge is 2.15. The van der Waals surface area contributed by atoms with E-state index in [2.05, 4.69) is 0 Å². The van der Waals surface area contributed by atoms with Crippen LogP contribution in [-0.2, 0) is 10.5 Å². The highest BCUT2D eigenvalue weighted by Crippen LogP contribution is 2.33. The Bertz CT molecular complexity index is 643. The molecule has 0 unspecified atom stereocenters. The highest BCUT2D eigenvalue weighted by molar-refractivity contribution is 7.98. The largest absolute Gasteiger partial charge is 0.496 e. The number of carbonyl (C=O) groups excluding carboxylic acids is 1. The molecule has 5 heteroatoms. The average Bonchev–Trinajstić information content (AvgIpc) is 2.52. The smallest absolute Gasteiger partial charge is 0.340 e. The summed E-state index contributed by atoms with van der Waals surface area (Å²) >= 11 is 1.59. The average molecular weight is 303 g/mol. The molecule has 0 atom stereocenters. The molecule has 2 aromatic rings. The third-order valence-corrected chi connectivity index (χ3v) is 4.13. The van der Waals surface area contributed by atoms with Gasteiger partial charge in [-0.25, -0.2) is 4.79 Å². The summed E-state index contributed by atoms with van der Waals surface area (Å²) in [5.41, 5.74) is 7.60. The van der Waals surface area contributed by atoms with Crippen LogP contribution in [-0.4, -0.2) is 20.2 Å². The molecule has 0 fully saturated rings. The SMILES string of the molecule is COC(=O)c1c(N)cccc1CSc1ccccc1OC. The number of hydrogen-bond donors (Lipinski definition) is 1. The summed E-state index contributed by atoms with van der Waals surface area (Å²) in [5.74, 6) is 1.00. The van der Waals surface area contributed by atoms with Gasteiger partial charge in [-0.05, 0) is 23.8 Å². The maximum absolute atomic E-state index is 11.9. The van der Waals surface area contributed by atoms with Crippen molar-refractivity contribution < 1.29 is 14.3 Å². The first-order valence-corrected chi connectivity index (χ1v) is 7.37. The lowest BCUT2D eigenvalue weighted by Gasteiger charge is -2.11. The van der Waals surface area contributed by atoms with Gasteiger partial charge in [0.1, 0.15) is 5.75 Å². The van der Waals surface area contributed by atoms with Crippen molar-refractivity contribution in [1.29, 1.82) is 0 Å². The zero-order chi connectivity index (χ0) is 15.2. The number of anilines is 1. The van der Waals surface area contributed by atoms with Gasteiger partial charge < -0.3 is 15.2 Å². The number of methoxy groups -OCH3 is 2. The number of para-hydroxylation sites is 1. The van der Waals surface area contributed by atoms with E-state index in [4.69, 9.17) is 15.2 Å². The number of esters is 1. The highest BCUT2D eigenvalue weighted by atomic mass is 32.2. The predicted octanol–water partition coefficient (Wildman–Crippen LogP) is 3.36. The van der Waals surface area contributed by atoms with Crippen LogP contribution in [0.4, 0.5) is 5.69 Å². The third-order valence-electron chi connectivity index (χ3n) is 3.02. The van der Waals surface area contributed by atoms with Gasteiger partial charge in [-0.3, -0.25) is 0 Å². The van der Waals surface area contributed by atoms with E-state index in [-0.39, 0.29) is 0 Å². The molecule has 0 radical (unpaired) electrons. The van der Waals surface area contributed by atoms with Crippen LogP contribution in [0.5, 0.6) is 5.75 Å². The molecular formula is C16H17NO3S. The van der Waals surface area contributed by atoms with Gasteiger partial charge in [0, 0.05) is 16.3 Å². The number of ether oxygens (including phenoxy) is 2. The molecule has 0 saturated carbocycles. The summed E-state index contributed by atoms with van der Waals surface area (Å²) in [6.07, 6.45) is 0. The second-order valence-corrected chi connectivity index (χ2v) is 5.33. The van der Waals surface area contributed by atoms with Crippen LogP contribution < -0.4 is 10.5 Å². The van der Waals surface area contributed by atoms with Gasteiger partial charge in [0.2, 0.25) is 0 Å². The van der Waals surface area contributed by atoms with Crippen molar-refractivity contribution in [3.05, 3.63) is 53.6 Å². The van der Waals surface area contributed by atoms with Crippen LogP contribution in [0.25, 0.3) is 0 Å². The first-order chi connectivity index (χ1) is 10.2. The second kappa shape index (κ2) is 7.04. The van der Waals surface area contributed by atoms with Gasteiger partial charge in [0.15, 0.2) is 0 Å². The van der Waals surface area contributed by atoms with E-state index in [0.29, 0.717) is 17.0 Å². The van der Waals surface area contributed by atoms with Crippen LogP contribution in [0.1, 0.15) is 15.9 Å². The van der Waals surface area contributed by atoms with E-state index in [1.807, 2.05) is 36.4 Å². The summed E-state index contributed by atoms with van der Waals surface area (Å²) < 4.78 is 10.1. The maximum atomic E-state index is 11.9. The summed E-state index contributed by atoms with van der Waals surface area (Å²) in [6, 6.07) is 13.2. The molecule has 0 amide bonds. The molecule has 110 valence electrons. The van der Waals surface area contributed by atoms with Crippen molar-refractivity contribution in [2.24, 2.45) is 0 Å². The minimum Gasteiger partial charge on any atom is -0.496 e. The Morgan fingerprint density at radius 2 is 1.90 bits per heavy atom. The number of rotatable bonds is 5. The Balaban J connectivity index is 2.24. The fourth-order valence-electron chi connectivity index (χ4n) is 1.98. The summed E-state index contributed by atoms with van der Waals surface area (Å²) in [4.78, 5) is 12.9. The summed E-state index contributed by atoms with van der Waals surface area (Å²) in [6.45, 7) is 0. The minimum absolute atomic E-state index is 0.413. The molecule has 0 aliphatic rings. The van der Waals surface area contributed by atoms with Crippen LogP contribution in [0.15, 0.2) is 47.4 Å². The van der Waals surface area contributed by atoms with Gasteiger partial charge in [0.25, 0.3) is 0 Å². The first-order valence-electron chi connectivity index (χ1n) is 6.39. The minimum atomic E-state index is -0.413. The second-order valence-electron chi connectivity index (χ2n) is 4.31. The monoisotopic (exact) mass is 303 g/mol. The van der Waals surface area contributed by atoms with Crippen LogP contribution in [0.2, 0.25) is 0 Å². The molecule has 2 aromatic carbocycles. The zero-order valence-electron chi connectivity index (χ0n) is 12.0. The molecule has 4 nitrogen and oxygen atoms in total. The Morgan fingerprint density at radius 1 is 1.14 bits per heavy atom. The molecule has 0 aromatic heterocycles. The number of nitrogens with two attached hydrogens (primary N) is 1. The lowest BCUT2D eigenvalue weighted by molar-refractivity contribution is 0.0601. The van der Waals surface area contributed by atoms with E-state index >= 15 is 0 Å². The molecular weight excluding hydrogens is 286 g/mol. The van der Waals surface area contributed by atoms with Crippen LogP contribution in [0.3, 0.4) is 0 Å². The van der Waals surface area contributed by atoms with Crippen molar-refractivity contribution >= 4 is 23.4 Å². The number of hydrogen-bond acceptors (Lipinski definition) is 5. The molecule has 0 aliphatic heterocycles. The van der Waals surface area contributed by atoms with Crippen molar-refractivity contribution in [2.45, 2.75) is 10.6 Å². The van der Waals surface area contributed by atoms with Crippen molar-refractivity contribution in [3.63, 3.8) is 0 Å². The Morgan fingerprint density at radius 3 is 2.62 bits per heavy atom. The predicted molar refractivity (Wildman–Crippen MR) is 84.7 cm³/mol. The van der Waals surface area contributed by atoms with E-state index in [1.54, 1.807) is 24.9 Å². The van der Waals surface area contributed by atoms with Gasteiger partial charge >= 0.3 is 5.97 Å². The molecule has 2 N–H and O–H groups in total. The quantitative estimate of drug-likeness (QED) is 0.521. The van der Waals surface area contributed by atoms with Crippen molar-refractivity contribution in [1.82, 2.24) is 0 Å². The molecule has 0 aliphatic carbocycles. The van der Waals surface area contributed by atoms with Gasteiger partial charge in [-0.1, -0.05) is 24.3 Å². The fourth-order valence-corrected chi connectivity index (χ4v) is 3.00. The molecule has 0 heterocycles. The first kappa shape index (κ1) is 15.3. The summed E-state index contributed by atoms with van der Waals surface area (Å²) in [7, 11) is 2.99. The van der Waals surface area contributed by atoms with E-state index in [9.17, 15) is 4.79 Å². The molecule has 21 heavy (non-hydrogen) atoms. The molecule has 0 bridgehead atoms. The number of nitrogen functional groups attached to an aromatic ring is 1. The van der Waals surface area contributed by atoms with E-state index < -0.39 is 5.97 Å². The summed E-state index contributed by atoms with van der Waals surface area (Å²) in [5, 5.41) is 0. The van der Waals surface area contributed by atoms with Crippen molar-refractivity contribution in [2.75, 3.05) is 20.0 Å². The van der Waals surface area contributed by atoms with E-state index in [0.717, 1.165) is 16.2 Å². The van der Waals surface area contributed by atoms with Crippen molar-refractivity contribution in [3.8, 4) is 5.75 Å². The lowest BCUT2D eigenvalue weighted by Crippen LogP contribution is -2.09. The fraction of sp³-hybridized carbons (Fsp3) is 0.188. The maximum Gasteiger partial charge on any atom is 0.340 e. The topological polar surface area (TPSA) is 61.5 Å². The number of thioether (sulfide) groups is 1. The molecule has 0 saturated heterocycles. The van der Waals surface area contributed by atoms with Crippen LogP contribution in [0, 0.1) is 0 Å². The third kappa shape index (κ3) is 3.49.